The zero-order chi connectivity index (χ0) is 36.1. The first kappa shape index (κ1) is 35.3. The molecule has 0 heterocycles. The van der Waals surface area contributed by atoms with E-state index in [1.807, 2.05) is 0 Å². The van der Waals surface area contributed by atoms with Crippen LogP contribution in [0.3, 0.4) is 0 Å². The van der Waals surface area contributed by atoms with Crippen LogP contribution in [0.2, 0.25) is 0 Å². The molecule has 12 heteroatoms. The van der Waals surface area contributed by atoms with E-state index in [0.29, 0.717) is 0 Å². The maximum atomic E-state index is 14.4. The summed E-state index contributed by atoms with van der Waals surface area (Å²) >= 11 is 0. The van der Waals surface area contributed by atoms with Crippen LogP contribution in [-0.2, 0) is 19.2 Å². The van der Waals surface area contributed by atoms with Crippen molar-refractivity contribution in [3.8, 4) is 23.0 Å². The van der Waals surface area contributed by atoms with Crippen LogP contribution >= 0.6 is 0 Å². The smallest absolute Gasteiger partial charge is 0.308 e. The highest BCUT2D eigenvalue weighted by molar-refractivity contribution is 6.37. The van der Waals surface area contributed by atoms with E-state index in [-0.39, 0.29) is 78.7 Å². The Labute approximate surface area is 276 Å². The van der Waals surface area contributed by atoms with Gasteiger partial charge in [0.15, 0.2) is 46.1 Å². The highest BCUT2D eigenvalue weighted by Gasteiger charge is 2.44. The number of fused-ring (bicyclic) bond motifs is 2. The molecule has 0 unspecified atom stereocenters. The molecule has 2 aromatic rings. The summed E-state index contributed by atoms with van der Waals surface area (Å²) in [5.74, 6) is -8.06. The van der Waals surface area contributed by atoms with Crippen LogP contribution in [0.4, 0.5) is 0 Å². The molecule has 48 heavy (non-hydrogen) atoms. The Morgan fingerprint density at radius 2 is 0.792 bits per heavy atom. The number of ether oxygens (including phenoxy) is 4. The molecule has 250 valence electrons. The molecular formula is C36H34O12. The van der Waals surface area contributed by atoms with Gasteiger partial charge in [0.1, 0.15) is 0 Å². The van der Waals surface area contributed by atoms with E-state index >= 15 is 0 Å². The van der Waals surface area contributed by atoms with Crippen molar-refractivity contribution in [3.05, 3.63) is 67.8 Å². The highest BCUT2D eigenvalue weighted by atomic mass is 16.6. The van der Waals surface area contributed by atoms with Gasteiger partial charge in [-0.2, -0.15) is 0 Å². The van der Waals surface area contributed by atoms with Gasteiger partial charge in [-0.05, 0) is 37.8 Å². The number of carbonyl (C=O) groups is 8. The molecule has 2 aliphatic carbocycles. The molecule has 0 radical (unpaired) electrons. The van der Waals surface area contributed by atoms with Gasteiger partial charge in [0, 0.05) is 83.4 Å². The number of carbonyl (C=O) groups excluding carboxylic acids is 8. The molecule has 0 aromatic heterocycles. The minimum absolute atomic E-state index is 0.0955. The van der Waals surface area contributed by atoms with Crippen LogP contribution in [-0.4, -0.2) is 47.0 Å². The average Bonchev–Trinajstić information content (AvgIpc) is 2.96. The van der Waals surface area contributed by atoms with Gasteiger partial charge in [-0.1, -0.05) is 27.7 Å². The quantitative estimate of drug-likeness (QED) is 0.262. The van der Waals surface area contributed by atoms with E-state index in [2.05, 4.69) is 0 Å². The maximum absolute atomic E-state index is 14.4. The summed E-state index contributed by atoms with van der Waals surface area (Å²) in [6.45, 7) is 13.9. The van der Waals surface area contributed by atoms with Gasteiger partial charge in [0.05, 0.1) is 0 Å². The number of ketones is 4. The Bertz CT molecular complexity index is 1820. The molecule has 2 aliphatic rings. The fourth-order valence-corrected chi connectivity index (χ4v) is 6.04. The lowest BCUT2D eigenvalue weighted by atomic mass is 9.72. The lowest BCUT2D eigenvalue weighted by Gasteiger charge is -2.29. The molecule has 0 N–H and O–H groups in total. The molecule has 0 aliphatic heterocycles. The number of hydrogen-bond donors (Lipinski definition) is 0. The first-order chi connectivity index (χ1) is 22.3. The molecule has 0 saturated carbocycles. The number of benzene rings is 2. The van der Waals surface area contributed by atoms with Crippen molar-refractivity contribution in [2.75, 3.05) is 0 Å². The SMILES string of the molecule is CC(=O)Oc1cc2c(c(C(C)C)c1OC(C)=O)C(=O)C(C)=C(C1=C(C)C(=O)c3c(cc(OC(C)=O)c(OC(C)=O)c3C(C)C)C1=O)C2=O. The summed E-state index contributed by atoms with van der Waals surface area (Å²) in [5.41, 5.74) is -1.35. The van der Waals surface area contributed by atoms with Gasteiger partial charge in [-0.25, -0.2) is 0 Å². The van der Waals surface area contributed by atoms with Crippen molar-refractivity contribution in [2.24, 2.45) is 0 Å². The van der Waals surface area contributed by atoms with Crippen LogP contribution in [0.25, 0.3) is 0 Å². The third-order valence-corrected chi connectivity index (χ3v) is 7.80. The first-order valence-corrected chi connectivity index (χ1v) is 15.1. The van der Waals surface area contributed by atoms with E-state index in [1.165, 1.54) is 13.8 Å². The van der Waals surface area contributed by atoms with Crippen LogP contribution in [0.15, 0.2) is 34.4 Å². The van der Waals surface area contributed by atoms with Gasteiger partial charge >= 0.3 is 23.9 Å². The molecular weight excluding hydrogens is 624 g/mol. The largest absolute Gasteiger partial charge is 0.423 e. The fraction of sp³-hybridized carbons (Fsp3) is 0.333. The molecule has 0 amide bonds. The minimum atomic E-state index is -0.813. The molecule has 0 atom stereocenters. The predicted molar refractivity (Wildman–Crippen MR) is 169 cm³/mol. The second kappa shape index (κ2) is 12.9. The van der Waals surface area contributed by atoms with Gasteiger partial charge in [-0.3, -0.25) is 38.4 Å². The number of rotatable bonds is 7. The first-order valence-electron chi connectivity index (χ1n) is 15.1. The molecule has 2 aromatic carbocycles. The van der Waals surface area contributed by atoms with Crippen LogP contribution in [0.5, 0.6) is 23.0 Å². The van der Waals surface area contributed by atoms with Crippen molar-refractivity contribution >= 4 is 47.0 Å². The number of esters is 4. The Morgan fingerprint density at radius 3 is 1.04 bits per heavy atom. The van der Waals surface area contributed by atoms with Crippen LogP contribution < -0.4 is 18.9 Å². The van der Waals surface area contributed by atoms with Crippen LogP contribution in [0, 0.1) is 0 Å². The maximum Gasteiger partial charge on any atom is 0.308 e. The summed E-state index contributed by atoms with van der Waals surface area (Å²) in [4.78, 5) is 105. The van der Waals surface area contributed by atoms with Gasteiger partial charge < -0.3 is 18.9 Å². The lowest BCUT2D eigenvalue weighted by Crippen LogP contribution is -2.31. The summed E-state index contributed by atoms with van der Waals surface area (Å²) in [7, 11) is 0. The summed E-state index contributed by atoms with van der Waals surface area (Å²) in [6.07, 6.45) is 0. The molecule has 0 saturated heterocycles. The van der Waals surface area contributed by atoms with E-state index in [4.69, 9.17) is 18.9 Å². The zero-order valence-electron chi connectivity index (χ0n) is 28.2. The minimum Gasteiger partial charge on any atom is -0.423 e. The monoisotopic (exact) mass is 658 g/mol. The zero-order valence-corrected chi connectivity index (χ0v) is 28.2. The van der Waals surface area contributed by atoms with Crippen molar-refractivity contribution in [1.82, 2.24) is 0 Å². The van der Waals surface area contributed by atoms with Gasteiger partial charge in [0.2, 0.25) is 0 Å². The summed E-state index contributed by atoms with van der Waals surface area (Å²) < 4.78 is 21.4. The Hall–Kier alpha value is -5.52. The second-order valence-corrected chi connectivity index (χ2v) is 12.1. The molecule has 0 fully saturated rings. The lowest BCUT2D eigenvalue weighted by molar-refractivity contribution is -0.134. The Balaban J connectivity index is 2.06. The Kier molecular flexibility index (Phi) is 9.52. The second-order valence-electron chi connectivity index (χ2n) is 12.1. The van der Waals surface area contributed by atoms with Crippen LogP contribution in [0.1, 0.15) is 134 Å². The van der Waals surface area contributed by atoms with E-state index in [9.17, 15) is 38.4 Å². The van der Waals surface area contributed by atoms with E-state index in [1.54, 1.807) is 27.7 Å². The standard InChI is InChI=1S/C36H34O12/c1-13(2)25-29-21(11-23(45-17(7)37)35(25)47-19(9)39)33(43)27(15(5)31(29)41)28-16(6)32(42)30-22(34(28)44)12-24(46-18(8)38)36(48-20(10)40)26(30)14(3)4/h11-14H,1-10H3. The predicted octanol–water partition coefficient (Wildman–Crippen LogP) is 5.73. The number of Topliss-reactive ketones (excluding diaryl/α,β-unsaturated/α-hetero) is 4. The van der Waals surface area contributed by atoms with Crippen molar-refractivity contribution in [1.29, 1.82) is 0 Å². The van der Waals surface area contributed by atoms with E-state index < -0.39 is 58.8 Å². The van der Waals surface area contributed by atoms with Crippen molar-refractivity contribution in [3.63, 3.8) is 0 Å². The highest BCUT2D eigenvalue weighted by Crippen LogP contribution is 2.48. The van der Waals surface area contributed by atoms with Gasteiger partial charge in [-0.15, -0.1) is 0 Å². The molecule has 4 rings (SSSR count). The fourth-order valence-electron chi connectivity index (χ4n) is 6.04. The average molecular weight is 659 g/mol. The third-order valence-electron chi connectivity index (χ3n) is 7.80. The Morgan fingerprint density at radius 1 is 0.500 bits per heavy atom. The number of allylic oxidation sites excluding steroid dienone is 4. The normalized spacial score (nSPS) is 14.3. The topological polar surface area (TPSA) is 173 Å². The molecule has 0 bridgehead atoms. The van der Waals surface area contributed by atoms with Crippen molar-refractivity contribution < 1.29 is 57.3 Å². The molecule has 12 nitrogen and oxygen atoms in total. The summed E-state index contributed by atoms with van der Waals surface area (Å²) in [6, 6.07) is 2.21. The van der Waals surface area contributed by atoms with Crippen molar-refractivity contribution in [2.45, 2.75) is 81.1 Å². The van der Waals surface area contributed by atoms with Gasteiger partial charge in [0.25, 0.3) is 0 Å². The summed E-state index contributed by atoms with van der Waals surface area (Å²) in [5, 5.41) is 0. The van der Waals surface area contributed by atoms with E-state index in [0.717, 1.165) is 39.8 Å². The third kappa shape index (κ3) is 6.01. The number of hydrogen-bond acceptors (Lipinski definition) is 12. The molecule has 0 spiro atoms.